The van der Waals surface area contributed by atoms with Crippen molar-refractivity contribution in [1.82, 2.24) is 0 Å². The number of aliphatic carboxylic acids is 1. The summed E-state index contributed by atoms with van der Waals surface area (Å²) in [6, 6.07) is 5.70. The van der Waals surface area contributed by atoms with Gasteiger partial charge in [-0.3, -0.25) is 0 Å². The van der Waals surface area contributed by atoms with Crippen LogP contribution in [0.1, 0.15) is 18.1 Å². The van der Waals surface area contributed by atoms with E-state index in [9.17, 15) is 4.79 Å². The summed E-state index contributed by atoms with van der Waals surface area (Å²) in [4.78, 5) is 10.9. The molecule has 4 nitrogen and oxygen atoms in total. The van der Waals surface area contributed by atoms with Crippen molar-refractivity contribution in [2.24, 2.45) is 0 Å². The first kappa shape index (κ1) is 13.5. The van der Waals surface area contributed by atoms with E-state index in [4.69, 9.17) is 14.6 Å². The van der Waals surface area contributed by atoms with Crippen molar-refractivity contribution in [2.45, 2.75) is 26.9 Å². The van der Waals surface area contributed by atoms with Crippen molar-refractivity contribution in [3.8, 4) is 5.75 Å². The number of carboxylic acids is 1. The average molecular weight is 238 g/mol. The third-order valence-corrected chi connectivity index (χ3v) is 2.59. The predicted molar refractivity (Wildman–Crippen MR) is 64.5 cm³/mol. The molecule has 0 bridgehead atoms. The van der Waals surface area contributed by atoms with Gasteiger partial charge in [-0.05, 0) is 38.0 Å². The Balaban J connectivity index is 2.65. The van der Waals surface area contributed by atoms with E-state index in [2.05, 4.69) is 0 Å². The Morgan fingerprint density at radius 2 is 2.12 bits per heavy atom. The van der Waals surface area contributed by atoms with Crippen molar-refractivity contribution in [2.75, 3.05) is 13.2 Å². The second kappa shape index (κ2) is 6.25. The van der Waals surface area contributed by atoms with Crippen LogP contribution in [0.2, 0.25) is 0 Å². The number of aryl methyl sites for hydroxylation is 1. The summed E-state index contributed by atoms with van der Waals surface area (Å²) in [7, 11) is 0. The SMILES string of the molecule is CCOC(COc1cccc(C)c1C)C(=O)O. The smallest absolute Gasteiger partial charge is 0.336 e. The van der Waals surface area contributed by atoms with Gasteiger partial charge >= 0.3 is 5.97 Å². The fourth-order valence-electron chi connectivity index (χ4n) is 1.44. The van der Waals surface area contributed by atoms with Crippen LogP contribution in [-0.2, 0) is 9.53 Å². The number of hydrogen-bond donors (Lipinski definition) is 1. The summed E-state index contributed by atoms with van der Waals surface area (Å²) < 4.78 is 10.6. The normalized spacial score (nSPS) is 12.2. The van der Waals surface area contributed by atoms with Crippen LogP contribution >= 0.6 is 0 Å². The van der Waals surface area contributed by atoms with Crippen LogP contribution in [0.4, 0.5) is 0 Å². The van der Waals surface area contributed by atoms with Crippen molar-refractivity contribution in [3.05, 3.63) is 29.3 Å². The molecule has 1 N–H and O–H groups in total. The van der Waals surface area contributed by atoms with Gasteiger partial charge in [0.05, 0.1) is 0 Å². The summed E-state index contributed by atoms with van der Waals surface area (Å²) >= 11 is 0. The molecule has 94 valence electrons. The summed E-state index contributed by atoms with van der Waals surface area (Å²) in [5.41, 5.74) is 2.14. The summed E-state index contributed by atoms with van der Waals surface area (Å²) in [6.45, 7) is 6.06. The van der Waals surface area contributed by atoms with Crippen LogP contribution in [0.3, 0.4) is 0 Å². The first-order chi connectivity index (χ1) is 8.06. The lowest BCUT2D eigenvalue weighted by molar-refractivity contribution is -0.152. The van der Waals surface area contributed by atoms with Gasteiger partial charge in [0.15, 0.2) is 6.10 Å². The molecule has 0 fully saturated rings. The first-order valence-corrected chi connectivity index (χ1v) is 5.59. The van der Waals surface area contributed by atoms with Crippen LogP contribution in [0.25, 0.3) is 0 Å². The quantitative estimate of drug-likeness (QED) is 0.825. The molecule has 1 aromatic rings. The van der Waals surface area contributed by atoms with E-state index in [0.717, 1.165) is 11.1 Å². The average Bonchev–Trinajstić information content (AvgIpc) is 2.29. The fourth-order valence-corrected chi connectivity index (χ4v) is 1.44. The minimum absolute atomic E-state index is 0.0213. The van der Waals surface area contributed by atoms with Crippen molar-refractivity contribution in [1.29, 1.82) is 0 Å². The van der Waals surface area contributed by atoms with E-state index < -0.39 is 12.1 Å². The third-order valence-electron chi connectivity index (χ3n) is 2.59. The van der Waals surface area contributed by atoms with Gasteiger partial charge in [0.2, 0.25) is 0 Å². The van der Waals surface area contributed by atoms with Crippen molar-refractivity contribution in [3.63, 3.8) is 0 Å². The molecule has 17 heavy (non-hydrogen) atoms. The second-order valence-electron chi connectivity index (χ2n) is 3.79. The lowest BCUT2D eigenvalue weighted by Gasteiger charge is -2.15. The Hall–Kier alpha value is -1.55. The van der Waals surface area contributed by atoms with Gasteiger partial charge in [-0.1, -0.05) is 12.1 Å². The second-order valence-corrected chi connectivity index (χ2v) is 3.79. The first-order valence-electron chi connectivity index (χ1n) is 5.59. The molecule has 1 rings (SSSR count). The Morgan fingerprint density at radius 3 is 2.71 bits per heavy atom. The molecular formula is C13H18O4. The lowest BCUT2D eigenvalue weighted by Crippen LogP contribution is -2.30. The number of rotatable bonds is 6. The van der Waals surface area contributed by atoms with Crippen molar-refractivity contribution < 1.29 is 19.4 Å². The number of benzene rings is 1. The fraction of sp³-hybridized carbons (Fsp3) is 0.462. The standard InChI is InChI=1S/C13H18O4/c1-4-16-12(13(14)15)8-17-11-7-5-6-9(2)10(11)3/h5-7,12H,4,8H2,1-3H3,(H,14,15). The summed E-state index contributed by atoms with van der Waals surface area (Å²) in [6.07, 6.45) is -0.917. The molecule has 1 atom stereocenters. The summed E-state index contributed by atoms with van der Waals surface area (Å²) in [5.74, 6) is -0.298. The number of carboxylic acid groups (broad SMARTS) is 1. The number of ether oxygens (including phenoxy) is 2. The maximum atomic E-state index is 10.9. The zero-order valence-corrected chi connectivity index (χ0v) is 10.4. The highest BCUT2D eigenvalue weighted by Gasteiger charge is 2.18. The van der Waals surface area contributed by atoms with Crippen LogP contribution < -0.4 is 4.74 Å². The van der Waals surface area contributed by atoms with Crippen LogP contribution in [0.15, 0.2) is 18.2 Å². The third kappa shape index (κ3) is 3.75. The van der Waals surface area contributed by atoms with E-state index in [0.29, 0.717) is 12.4 Å². The monoisotopic (exact) mass is 238 g/mol. The molecule has 0 aliphatic carbocycles. The molecule has 0 aliphatic heterocycles. The molecule has 0 aromatic heterocycles. The van der Waals surface area contributed by atoms with E-state index in [1.165, 1.54) is 0 Å². The molecule has 1 unspecified atom stereocenters. The lowest BCUT2D eigenvalue weighted by atomic mass is 10.1. The van der Waals surface area contributed by atoms with Gasteiger partial charge in [-0.2, -0.15) is 0 Å². The van der Waals surface area contributed by atoms with E-state index in [1.807, 2.05) is 32.0 Å². The maximum absolute atomic E-state index is 10.9. The molecular weight excluding hydrogens is 220 g/mol. The van der Waals surface area contributed by atoms with Gasteiger partial charge < -0.3 is 14.6 Å². The highest BCUT2D eigenvalue weighted by Crippen LogP contribution is 2.20. The predicted octanol–water partition coefficient (Wildman–Crippen LogP) is 2.17. The van der Waals surface area contributed by atoms with Gasteiger partial charge in [-0.15, -0.1) is 0 Å². The zero-order valence-electron chi connectivity index (χ0n) is 10.4. The van der Waals surface area contributed by atoms with Crippen LogP contribution in [0.5, 0.6) is 5.75 Å². The largest absolute Gasteiger partial charge is 0.490 e. The molecule has 1 aromatic carbocycles. The Labute approximate surface area is 101 Å². The molecule has 0 amide bonds. The highest BCUT2D eigenvalue weighted by molar-refractivity contribution is 5.72. The summed E-state index contributed by atoms with van der Waals surface area (Å²) in [5, 5.41) is 8.90. The Kier molecular flexibility index (Phi) is 4.97. The molecule has 0 aliphatic rings. The van der Waals surface area contributed by atoms with Crippen molar-refractivity contribution >= 4 is 5.97 Å². The molecule has 4 heteroatoms. The van der Waals surface area contributed by atoms with E-state index in [-0.39, 0.29) is 6.61 Å². The van der Waals surface area contributed by atoms with Crippen LogP contribution in [0, 0.1) is 13.8 Å². The van der Waals surface area contributed by atoms with E-state index >= 15 is 0 Å². The van der Waals surface area contributed by atoms with Crippen LogP contribution in [-0.4, -0.2) is 30.4 Å². The Bertz CT molecular complexity index is 387. The van der Waals surface area contributed by atoms with Gasteiger partial charge in [0, 0.05) is 6.61 Å². The zero-order chi connectivity index (χ0) is 12.8. The van der Waals surface area contributed by atoms with Gasteiger partial charge in [0.25, 0.3) is 0 Å². The molecule has 0 saturated carbocycles. The topological polar surface area (TPSA) is 55.8 Å². The molecule has 0 spiro atoms. The van der Waals surface area contributed by atoms with Gasteiger partial charge in [-0.25, -0.2) is 4.79 Å². The Morgan fingerprint density at radius 1 is 1.41 bits per heavy atom. The number of hydrogen-bond acceptors (Lipinski definition) is 3. The maximum Gasteiger partial charge on any atom is 0.336 e. The van der Waals surface area contributed by atoms with E-state index in [1.54, 1.807) is 6.92 Å². The molecule has 0 radical (unpaired) electrons. The minimum Gasteiger partial charge on any atom is -0.490 e. The highest BCUT2D eigenvalue weighted by atomic mass is 16.5. The number of carbonyl (C=O) groups is 1. The minimum atomic E-state index is -1.00. The molecule has 0 heterocycles. The van der Waals surface area contributed by atoms with Gasteiger partial charge in [0.1, 0.15) is 12.4 Å². The molecule has 0 saturated heterocycles.